The smallest absolute Gasteiger partial charge is 0.0570 e. The van der Waals surface area contributed by atoms with Crippen LogP contribution in [0.15, 0.2) is 24.4 Å². The normalized spacial score (nSPS) is 15.3. The fourth-order valence-corrected chi connectivity index (χ4v) is 1.92. The van der Waals surface area contributed by atoms with E-state index in [4.69, 9.17) is 0 Å². The van der Waals surface area contributed by atoms with Crippen LogP contribution in [0.5, 0.6) is 0 Å². The van der Waals surface area contributed by atoms with Crippen LogP contribution in [-0.4, -0.2) is 11.0 Å². The van der Waals surface area contributed by atoms with E-state index in [0.717, 1.165) is 11.6 Å². The van der Waals surface area contributed by atoms with Crippen LogP contribution < -0.4 is 5.32 Å². The van der Waals surface area contributed by atoms with Crippen LogP contribution >= 0.6 is 0 Å². The zero-order valence-corrected chi connectivity index (χ0v) is 10.2. The van der Waals surface area contributed by atoms with Crippen molar-refractivity contribution >= 4 is 0 Å². The van der Waals surface area contributed by atoms with E-state index in [9.17, 15) is 0 Å². The van der Waals surface area contributed by atoms with E-state index in [-0.39, 0.29) is 0 Å². The number of nitrogens with zero attached hydrogens (tertiary/aromatic N) is 1. The Morgan fingerprint density at radius 1 is 1.20 bits per heavy atom. The maximum absolute atomic E-state index is 4.35. The predicted octanol–water partition coefficient (Wildman–Crippen LogP) is 3.17. The van der Waals surface area contributed by atoms with Gasteiger partial charge in [0.1, 0.15) is 0 Å². The zero-order chi connectivity index (χ0) is 11.3. The molecule has 0 amide bonds. The number of aromatic nitrogens is 1. The first-order valence-electron chi connectivity index (χ1n) is 5.76. The molecule has 1 aromatic rings. The minimum atomic E-state index is 0.333. The van der Waals surface area contributed by atoms with E-state index in [1.165, 1.54) is 6.42 Å². The molecule has 84 valence electrons. The van der Waals surface area contributed by atoms with Gasteiger partial charge in [0.15, 0.2) is 0 Å². The van der Waals surface area contributed by atoms with Crippen molar-refractivity contribution in [1.29, 1.82) is 0 Å². The minimum absolute atomic E-state index is 0.333. The highest BCUT2D eigenvalue weighted by atomic mass is 15.0. The lowest BCUT2D eigenvalue weighted by molar-refractivity contribution is 0.403. The first-order valence-corrected chi connectivity index (χ1v) is 5.76. The van der Waals surface area contributed by atoms with E-state index >= 15 is 0 Å². The lowest BCUT2D eigenvalue weighted by Gasteiger charge is -2.21. The molecular formula is C13H22N2. The van der Waals surface area contributed by atoms with E-state index in [1.54, 1.807) is 0 Å². The van der Waals surface area contributed by atoms with Gasteiger partial charge < -0.3 is 5.32 Å². The third kappa shape index (κ3) is 4.43. The standard InChI is InChI=1S/C13H22N2/c1-10(2)9-11(3)15-12(4)13-7-5-6-8-14-13/h5-8,10-12,15H,9H2,1-4H3/t11-,12-/m1/s1. The average Bonchev–Trinajstić information content (AvgIpc) is 2.17. The van der Waals surface area contributed by atoms with Gasteiger partial charge in [0.05, 0.1) is 5.69 Å². The van der Waals surface area contributed by atoms with Crippen LogP contribution in [0.3, 0.4) is 0 Å². The maximum Gasteiger partial charge on any atom is 0.0570 e. The lowest BCUT2D eigenvalue weighted by atomic mass is 10.0. The molecule has 0 radical (unpaired) electrons. The highest BCUT2D eigenvalue weighted by Gasteiger charge is 2.10. The van der Waals surface area contributed by atoms with Crippen molar-refractivity contribution in [3.8, 4) is 0 Å². The molecule has 2 nitrogen and oxygen atoms in total. The van der Waals surface area contributed by atoms with Crippen molar-refractivity contribution in [1.82, 2.24) is 10.3 Å². The Balaban J connectivity index is 2.45. The van der Waals surface area contributed by atoms with Crippen molar-refractivity contribution < 1.29 is 0 Å². The summed E-state index contributed by atoms with van der Waals surface area (Å²) in [6, 6.07) is 6.93. The van der Waals surface area contributed by atoms with Crippen molar-refractivity contribution in [3.63, 3.8) is 0 Å². The summed E-state index contributed by atoms with van der Waals surface area (Å²) in [6.07, 6.45) is 3.05. The van der Waals surface area contributed by atoms with E-state index in [1.807, 2.05) is 18.3 Å². The van der Waals surface area contributed by atoms with Crippen molar-refractivity contribution in [2.45, 2.75) is 46.2 Å². The summed E-state index contributed by atoms with van der Waals surface area (Å²) in [6.45, 7) is 8.91. The third-order valence-electron chi connectivity index (χ3n) is 2.49. The van der Waals surface area contributed by atoms with Crippen LogP contribution in [0.1, 0.15) is 45.9 Å². The molecule has 0 spiro atoms. The van der Waals surface area contributed by atoms with Crippen LogP contribution in [0.4, 0.5) is 0 Å². The molecule has 0 fully saturated rings. The van der Waals surface area contributed by atoms with Gasteiger partial charge in [0.25, 0.3) is 0 Å². The van der Waals surface area contributed by atoms with E-state index < -0.39 is 0 Å². The lowest BCUT2D eigenvalue weighted by Crippen LogP contribution is -2.30. The van der Waals surface area contributed by atoms with Gasteiger partial charge in [0, 0.05) is 18.3 Å². The molecule has 0 unspecified atom stereocenters. The number of hydrogen-bond donors (Lipinski definition) is 1. The second kappa shape index (κ2) is 5.86. The molecule has 0 aliphatic heterocycles. The second-order valence-corrected chi connectivity index (χ2v) is 4.67. The summed E-state index contributed by atoms with van der Waals surface area (Å²) in [5.41, 5.74) is 1.12. The maximum atomic E-state index is 4.35. The van der Waals surface area contributed by atoms with Gasteiger partial charge in [-0.25, -0.2) is 0 Å². The average molecular weight is 206 g/mol. The fraction of sp³-hybridized carbons (Fsp3) is 0.615. The summed E-state index contributed by atoms with van der Waals surface area (Å²) in [4.78, 5) is 4.35. The molecule has 1 aromatic heterocycles. The summed E-state index contributed by atoms with van der Waals surface area (Å²) in [5, 5.41) is 3.56. The van der Waals surface area contributed by atoms with Crippen molar-refractivity contribution in [2.24, 2.45) is 5.92 Å². The molecule has 0 aliphatic carbocycles. The fourth-order valence-electron chi connectivity index (χ4n) is 1.92. The molecule has 0 saturated carbocycles. The van der Waals surface area contributed by atoms with Gasteiger partial charge in [-0.1, -0.05) is 19.9 Å². The summed E-state index contributed by atoms with van der Waals surface area (Å²) >= 11 is 0. The Kier molecular flexibility index (Phi) is 4.76. The highest BCUT2D eigenvalue weighted by Crippen LogP contribution is 2.12. The highest BCUT2D eigenvalue weighted by molar-refractivity contribution is 5.07. The van der Waals surface area contributed by atoms with Crippen molar-refractivity contribution in [3.05, 3.63) is 30.1 Å². The largest absolute Gasteiger partial charge is 0.306 e. The molecule has 1 heterocycles. The third-order valence-corrected chi connectivity index (χ3v) is 2.49. The predicted molar refractivity (Wildman–Crippen MR) is 64.7 cm³/mol. The van der Waals surface area contributed by atoms with Crippen LogP contribution in [0, 0.1) is 5.92 Å². The molecule has 1 N–H and O–H groups in total. The first kappa shape index (κ1) is 12.2. The summed E-state index contributed by atoms with van der Waals surface area (Å²) < 4.78 is 0. The number of rotatable bonds is 5. The number of nitrogens with one attached hydrogen (secondary N) is 1. The van der Waals surface area contributed by atoms with Crippen LogP contribution in [0.25, 0.3) is 0 Å². The monoisotopic (exact) mass is 206 g/mol. The summed E-state index contributed by atoms with van der Waals surface area (Å²) in [7, 11) is 0. The molecule has 0 aliphatic rings. The van der Waals surface area contributed by atoms with Crippen LogP contribution in [0.2, 0.25) is 0 Å². The SMILES string of the molecule is CC(C)C[C@@H](C)N[C@H](C)c1ccccn1. The van der Waals surface area contributed by atoms with Gasteiger partial charge >= 0.3 is 0 Å². The number of hydrogen-bond acceptors (Lipinski definition) is 2. The van der Waals surface area contributed by atoms with E-state index in [2.05, 4.69) is 44.1 Å². The molecule has 1 rings (SSSR count). The van der Waals surface area contributed by atoms with Crippen LogP contribution in [-0.2, 0) is 0 Å². The number of pyridine rings is 1. The van der Waals surface area contributed by atoms with Gasteiger partial charge in [-0.15, -0.1) is 0 Å². The Hall–Kier alpha value is -0.890. The summed E-state index contributed by atoms with van der Waals surface area (Å²) in [5.74, 6) is 0.739. The van der Waals surface area contributed by atoms with Crippen molar-refractivity contribution in [2.75, 3.05) is 0 Å². The molecule has 2 heteroatoms. The zero-order valence-electron chi connectivity index (χ0n) is 10.2. The van der Waals surface area contributed by atoms with Gasteiger partial charge in [0.2, 0.25) is 0 Å². The quantitative estimate of drug-likeness (QED) is 0.800. The minimum Gasteiger partial charge on any atom is -0.306 e. The van der Waals surface area contributed by atoms with E-state index in [0.29, 0.717) is 12.1 Å². The molecule has 15 heavy (non-hydrogen) atoms. The Bertz CT molecular complexity index is 269. The molecular weight excluding hydrogens is 184 g/mol. The topological polar surface area (TPSA) is 24.9 Å². The molecule has 0 bridgehead atoms. The van der Waals surface area contributed by atoms with Gasteiger partial charge in [-0.2, -0.15) is 0 Å². The molecule has 2 atom stereocenters. The first-order chi connectivity index (χ1) is 7.09. The Morgan fingerprint density at radius 3 is 2.47 bits per heavy atom. The second-order valence-electron chi connectivity index (χ2n) is 4.67. The Labute approximate surface area is 93.1 Å². The molecule has 0 saturated heterocycles. The Morgan fingerprint density at radius 2 is 1.93 bits per heavy atom. The van der Waals surface area contributed by atoms with Gasteiger partial charge in [-0.3, -0.25) is 4.98 Å². The van der Waals surface area contributed by atoms with Gasteiger partial charge in [-0.05, 0) is 38.3 Å². The molecule has 0 aromatic carbocycles.